The molecular formula is C14H15F4N. The summed E-state index contributed by atoms with van der Waals surface area (Å²) in [5.41, 5.74) is 0.203. The lowest BCUT2D eigenvalue weighted by Crippen LogP contribution is -2.20. The van der Waals surface area contributed by atoms with Gasteiger partial charge in [-0.25, -0.2) is 4.39 Å². The second kappa shape index (κ2) is 5.33. The van der Waals surface area contributed by atoms with Gasteiger partial charge < -0.3 is 5.32 Å². The van der Waals surface area contributed by atoms with Crippen molar-refractivity contribution in [3.63, 3.8) is 0 Å². The Balaban J connectivity index is 2.41. The van der Waals surface area contributed by atoms with Gasteiger partial charge in [-0.15, -0.1) is 0 Å². The van der Waals surface area contributed by atoms with E-state index in [2.05, 4.69) is 5.32 Å². The smallest absolute Gasteiger partial charge is 0.310 e. The van der Waals surface area contributed by atoms with Crippen molar-refractivity contribution in [3.05, 3.63) is 46.8 Å². The van der Waals surface area contributed by atoms with Crippen molar-refractivity contribution in [1.29, 1.82) is 0 Å². The van der Waals surface area contributed by atoms with Gasteiger partial charge in [-0.2, -0.15) is 13.2 Å². The normalized spacial score (nSPS) is 17.4. The summed E-state index contributed by atoms with van der Waals surface area (Å²) in [6.07, 6.45) is 0.176. The van der Waals surface area contributed by atoms with Gasteiger partial charge in [-0.3, -0.25) is 0 Å². The molecule has 0 aliphatic heterocycles. The molecular weight excluding hydrogens is 258 g/mol. The minimum absolute atomic E-state index is 0.0606. The van der Waals surface area contributed by atoms with E-state index >= 15 is 0 Å². The van der Waals surface area contributed by atoms with Crippen LogP contribution in [0.4, 0.5) is 17.6 Å². The Morgan fingerprint density at radius 1 is 1.26 bits per heavy atom. The highest BCUT2D eigenvalue weighted by molar-refractivity contribution is 5.35. The van der Waals surface area contributed by atoms with Crippen molar-refractivity contribution in [2.75, 3.05) is 7.05 Å². The summed E-state index contributed by atoms with van der Waals surface area (Å²) in [6, 6.07) is 2.08. The average molecular weight is 273 g/mol. The zero-order chi connectivity index (χ0) is 14.0. The van der Waals surface area contributed by atoms with E-state index in [0.29, 0.717) is 0 Å². The van der Waals surface area contributed by atoms with E-state index in [1.807, 2.05) is 6.08 Å². The number of rotatable bonds is 3. The molecule has 19 heavy (non-hydrogen) atoms. The van der Waals surface area contributed by atoms with Crippen molar-refractivity contribution in [2.24, 2.45) is 0 Å². The van der Waals surface area contributed by atoms with Gasteiger partial charge in [0.1, 0.15) is 5.82 Å². The van der Waals surface area contributed by atoms with E-state index in [1.54, 1.807) is 7.05 Å². The molecule has 0 bridgehead atoms. The maximum Gasteiger partial charge on any atom is 0.416 e. The average Bonchev–Trinajstić information content (AvgIpc) is 2.84. The van der Waals surface area contributed by atoms with Crippen LogP contribution in [0.5, 0.6) is 0 Å². The predicted molar refractivity (Wildman–Crippen MR) is 65.1 cm³/mol. The molecule has 0 radical (unpaired) electrons. The van der Waals surface area contributed by atoms with E-state index in [1.165, 1.54) is 0 Å². The lowest BCUT2D eigenvalue weighted by atomic mass is 9.96. The molecule has 1 atom stereocenters. The first-order chi connectivity index (χ1) is 8.93. The number of nitrogens with one attached hydrogen (secondary N) is 1. The van der Waals surface area contributed by atoms with Gasteiger partial charge in [0.25, 0.3) is 0 Å². The van der Waals surface area contributed by atoms with Crippen molar-refractivity contribution in [2.45, 2.75) is 31.5 Å². The minimum Gasteiger partial charge on any atom is -0.310 e. The molecule has 1 N–H and O–H groups in total. The van der Waals surface area contributed by atoms with Crippen LogP contribution in [-0.4, -0.2) is 7.05 Å². The van der Waals surface area contributed by atoms with Gasteiger partial charge in [0.15, 0.2) is 0 Å². The third kappa shape index (κ3) is 2.97. The van der Waals surface area contributed by atoms with E-state index in [-0.39, 0.29) is 5.56 Å². The number of allylic oxidation sites excluding steroid dienone is 1. The highest BCUT2D eigenvalue weighted by Crippen LogP contribution is 2.35. The Morgan fingerprint density at radius 3 is 2.53 bits per heavy atom. The van der Waals surface area contributed by atoms with E-state index < -0.39 is 23.6 Å². The van der Waals surface area contributed by atoms with E-state index in [9.17, 15) is 17.6 Å². The fourth-order valence-corrected chi connectivity index (χ4v) is 2.44. The van der Waals surface area contributed by atoms with Crippen LogP contribution < -0.4 is 5.32 Å². The number of hydrogen-bond donors (Lipinski definition) is 1. The molecule has 1 aliphatic carbocycles. The second-order valence-corrected chi connectivity index (χ2v) is 4.63. The van der Waals surface area contributed by atoms with Crippen LogP contribution in [0.25, 0.3) is 0 Å². The van der Waals surface area contributed by atoms with Crippen molar-refractivity contribution in [1.82, 2.24) is 5.32 Å². The third-order valence-electron chi connectivity index (χ3n) is 3.37. The molecule has 5 heteroatoms. The fourth-order valence-electron chi connectivity index (χ4n) is 2.44. The Hall–Kier alpha value is -1.36. The molecule has 1 aliphatic rings. The zero-order valence-electron chi connectivity index (χ0n) is 10.5. The summed E-state index contributed by atoms with van der Waals surface area (Å²) in [6.45, 7) is 0. The SMILES string of the molecule is CNC(C1=CCCC1)c1cc(C(F)(F)F)ccc1F. The fraction of sp³-hybridized carbons (Fsp3) is 0.429. The number of likely N-dealkylation sites (N-methyl/N-ethyl adjacent to an activating group) is 1. The number of halogens is 4. The van der Waals surface area contributed by atoms with Crippen LogP contribution >= 0.6 is 0 Å². The first-order valence-corrected chi connectivity index (χ1v) is 6.16. The predicted octanol–water partition coefficient (Wildman–Crippen LogP) is 4.22. The van der Waals surface area contributed by atoms with Gasteiger partial charge in [0.05, 0.1) is 11.6 Å². The van der Waals surface area contributed by atoms with Gasteiger partial charge in [-0.1, -0.05) is 11.6 Å². The molecule has 1 aromatic rings. The Morgan fingerprint density at radius 2 is 2.00 bits per heavy atom. The maximum atomic E-state index is 13.8. The van der Waals surface area contributed by atoms with E-state index in [0.717, 1.165) is 43.0 Å². The molecule has 2 rings (SSSR count). The lowest BCUT2D eigenvalue weighted by molar-refractivity contribution is -0.137. The minimum atomic E-state index is -4.45. The molecule has 0 fully saturated rings. The molecule has 0 heterocycles. The van der Waals surface area contributed by atoms with Gasteiger partial charge in [0.2, 0.25) is 0 Å². The highest BCUT2D eigenvalue weighted by atomic mass is 19.4. The van der Waals surface area contributed by atoms with Gasteiger partial charge in [-0.05, 0) is 44.5 Å². The summed E-state index contributed by atoms with van der Waals surface area (Å²) < 4.78 is 51.9. The summed E-state index contributed by atoms with van der Waals surface area (Å²) in [5.74, 6) is -0.611. The molecule has 0 saturated heterocycles. The van der Waals surface area contributed by atoms with Crippen LogP contribution in [0.2, 0.25) is 0 Å². The molecule has 0 spiro atoms. The zero-order valence-corrected chi connectivity index (χ0v) is 10.5. The molecule has 1 unspecified atom stereocenters. The topological polar surface area (TPSA) is 12.0 Å². The summed E-state index contributed by atoms with van der Waals surface area (Å²) in [5, 5.41) is 2.90. The van der Waals surface area contributed by atoms with Crippen LogP contribution in [0, 0.1) is 5.82 Å². The number of benzene rings is 1. The second-order valence-electron chi connectivity index (χ2n) is 4.63. The molecule has 0 amide bonds. The Labute approximate surface area is 109 Å². The molecule has 104 valence electrons. The largest absolute Gasteiger partial charge is 0.416 e. The van der Waals surface area contributed by atoms with Gasteiger partial charge in [0, 0.05) is 5.56 Å². The van der Waals surface area contributed by atoms with Crippen LogP contribution in [0.1, 0.15) is 36.4 Å². The molecule has 0 aromatic heterocycles. The summed E-state index contributed by atoms with van der Waals surface area (Å²) in [4.78, 5) is 0. The highest BCUT2D eigenvalue weighted by Gasteiger charge is 2.32. The first-order valence-electron chi connectivity index (χ1n) is 6.16. The Bertz CT molecular complexity index is 491. The molecule has 1 nitrogen and oxygen atoms in total. The van der Waals surface area contributed by atoms with Crippen LogP contribution in [0.3, 0.4) is 0 Å². The van der Waals surface area contributed by atoms with E-state index in [4.69, 9.17) is 0 Å². The summed E-state index contributed by atoms with van der Waals surface area (Å²) in [7, 11) is 1.63. The number of hydrogen-bond acceptors (Lipinski definition) is 1. The third-order valence-corrected chi connectivity index (χ3v) is 3.37. The summed E-state index contributed by atoms with van der Waals surface area (Å²) >= 11 is 0. The molecule has 0 saturated carbocycles. The first kappa shape index (κ1) is 14.1. The van der Waals surface area contributed by atoms with Crippen molar-refractivity contribution < 1.29 is 17.6 Å². The van der Waals surface area contributed by atoms with Crippen LogP contribution in [0.15, 0.2) is 29.8 Å². The monoisotopic (exact) mass is 273 g/mol. The quantitative estimate of drug-likeness (QED) is 0.642. The standard InChI is InChI=1S/C14H15F4N/c1-19-13(9-4-2-3-5-9)11-8-10(14(16,17)18)6-7-12(11)15/h4,6-8,13,19H,2-3,5H2,1H3. The maximum absolute atomic E-state index is 13.8. The molecule has 1 aromatic carbocycles. The van der Waals surface area contributed by atoms with Crippen molar-refractivity contribution in [3.8, 4) is 0 Å². The lowest BCUT2D eigenvalue weighted by Gasteiger charge is -2.20. The van der Waals surface area contributed by atoms with Crippen LogP contribution in [-0.2, 0) is 6.18 Å². The van der Waals surface area contributed by atoms with Crippen molar-refractivity contribution >= 4 is 0 Å². The number of alkyl halides is 3. The Kier molecular flexibility index (Phi) is 3.94. The van der Waals surface area contributed by atoms with Gasteiger partial charge >= 0.3 is 6.18 Å².